The predicted molar refractivity (Wildman–Crippen MR) is 70.6 cm³/mol. The standard InChI is InChI=1S/C12H17N3O5/c1-3-4-8(2)13-11(16)7-14-6-9(15(19)20)5-10(14)12(17)18/h5-6,8H,3-4,7H2,1-2H3,(H,13,16)(H,17,18). The lowest BCUT2D eigenvalue weighted by Crippen LogP contribution is -2.35. The van der Waals surface area contributed by atoms with Crippen molar-refractivity contribution in [3.8, 4) is 0 Å². The number of aromatic nitrogens is 1. The first-order valence-corrected chi connectivity index (χ1v) is 6.22. The van der Waals surface area contributed by atoms with Gasteiger partial charge in [0.15, 0.2) is 0 Å². The number of hydrogen-bond acceptors (Lipinski definition) is 4. The second kappa shape index (κ2) is 6.69. The molecule has 1 rings (SSSR count). The summed E-state index contributed by atoms with van der Waals surface area (Å²) in [6.45, 7) is 3.57. The molecule has 0 aliphatic heterocycles. The molecular weight excluding hydrogens is 266 g/mol. The summed E-state index contributed by atoms with van der Waals surface area (Å²) in [7, 11) is 0. The second-order valence-electron chi connectivity index (χ2n) is 4.53. The van der Waals surface area contributed by atoms with E-state index < -0.39 is 10.9 Å². The van der Waals surface area contributed by atoms with Crippen molar-refractivity contribution >= 4 is 17.6 Å². The molecule has 2 N–H and O–H groups in total. The van der Waals surface area contributed by atoms with E-state index in [2.05, 4.69) is 5.32 Å². The van der Waals surface area contributed by atoms with E-state index in [9.17, 15) is 19.7 Å². The van der Waals surface area contributed by atoms with Gasteiger partial charge in [-0.25, -0.2) is 4.79 Å². The molecule has 0 spiro atoms. The molecular formula is C12H17N3O5. The van der Waals surface area contributed by atoms with E-state index in [1.54, 1.807) is 0 Å². The van der Waals surface area contributed by atoms with Crippen molar-refractivity contribution in [3.63, 3.8) is 0 Å². The third-order valence-corrected chi connectivity index (χ3v) is 2.76. The average Bonchev–Trinajstić information content (AvgIpc) is 2.73. The van der Waals surface area contributed by atoms with E-state index in [4.69, 9.17) is 5.11 Å². The Hall–Kier alpha value is -2.38. The van der Waals surface area contributed by atoms with Crippen LogP contribution in [0.25, 0.3) is 0 Å². The predicted octanol–water partition coefficient (Wildman–Crippen LogP) is 1.40. The minimum Gasteiger partial charge on any atom is -0.477 e. The largest absolute Gasteiger partial charge is 0.477 e. The van der Waals surface area contributed by atoms with Crippen LogP contribution in [0.15, 0.2) is 12.3 Å². The number of carboxylic acid groups (broad SMARTS) is 1. The van der Waals surface area contributed by atoms with Gasteiger partial charge in [-0.1, -0.05) is 13.3 Å². The van der Waals surface area contributed by atoms with Crippen LogP contribution in [-0.2, 0) is 11.3 Å². The fourth-order valence-electron chi connectivity index (χ4n) is 1.89. The maximum absolute atomic E-state index is 11.8. The summed E-state index contributed by atoms with van der Waals surface area (Å²) in [5, 5.41) is 22.3. The van der Waals surface area contributed by atoms with Gasteiger partial charge in [0.25, 0.3) is 5.69 Å². The van der Waals surface area contributed by atoms with Gasteiger partial charge in [-0.2, -0.15) is 0 Å². The molecule has 0 saturated carbocycles. The molecule has 0 aromatic carbocycles. The fraction of sp³-hybridized carbons (Fsp3) is 0.500. The van der Waals surface area contributed by atoms with E-state index in [1.165, 1.54) is 0 Å². The first-order chi connectivity index (χ1) is 9.35. The number of rotatable bonds is 7. The number of carbonyl (C=O) groups excluding carboxylic acids is 1. The number of nitrogens with zero attached hydrogens (tertiary/aromatic N) is 2. The molecule has 0 aliphatic carbocycles. The summed E-state index contributed by atoms with van der Waals surface area (Å²) in [6.07, 6.45) is 2.77. The van der Waals surface area contributed by atoms with Crippen LogP contribution in [0.5, 0.6) is 0 Å². The van der Waals surface area contributed by atoms with Crippen LogP contribution in [0, 0.1) is 10.1 Å². The van der Waals surface area contributed by atoms with Crippen molar-refractivity contribution < 1.29 is 19.6 Å². The number of amides is 1. The number of nitrogens with one attached hydrogen (secondary N) is 1. The molecule has 0 fully saturated rings. The number of carboxylic acids is 1. The van der Waals surface area contributed by atoms with Gasteiger partial charge in [-0.05, 0) is 13.3 Å². The Morgan fingerprint density at radius 2 is 2.20 bits per heavy atom. The lowest BCUT2D eigenvalue weighted by molar-refractivity contribution is -0.384. The van der Waals surface area contributed by atoms with Gasteiger partial charge in [-0.15, -0.1) is 0 Å². The summed E-state index contributed by atoms with van der Waals surface area (Å²) >= 11 is 0. The van der Waals surface area contributed by atoms with Gasteiger partial charge in [0.1, 0.15) is 12.2 Å². The molecule has 1 heterocycles. The summed E-state index contributed by atoms with van der Waals surface area (Å²) in [4.78, 5) is 32.7. The van der Waals surface area contributed by atoms with Crippen LogP contribution >= 0.6 is 0 Å². The SMILES string of the molecule is CCCC(C)NC(=O)Cn1cc([N+](=O)[O-])cc1C(=O)O. The van der Waals surface area contributed by atoms with Gasteiger partial charge in [0.2, 0.25) is 5.91 Å². The maximum atomic E-state index is 11.8. The molecule has 8 nitrogen and oxygen atoms in total. The molecule has 0 radical (unpaired) electrons. The number of hydrogen-bond donors (Lipinski definition) is 2. The Labute approximate surface area is 115 Å². The molecule has 1 atom stereocenters. The highest BCUT2D eigenvalue weighted by Crippen LogP contribution is 2.16. The molecule has 0 bridgehead atoms. The number of aromatic carboxylic acids is 1. The van der Waals surface area contributed by atoms with Gasteiger partial charge in [0.05, 0.1) is 11.1 Å². The highest BCUT2D eigenvalue weighted by atomic mass is 16.6. The Kier molecular flexibility index (Phi) is 5.24. The molecule has 1 aromatic rings. The van der Waals surface area contributed by atoms with Crippen molar-refractivity contribution in [2.45, 2.75) is 39.3 Å². The zero-order valence-corrected chi connectivity index (χ0v) is 11.3. The van der Waals surface area contributed by atoms with E-state index in [0.29, 0.717) is 0 Å². The summed E-state index contributed by atoms with van der Waals surface area (Å²) in [6, 6.07) is 0.914. The van der Waals surface area contributed by atoms with Crippen molar-refractivity contribution in [1.29, 1.82) is 0 Å². The lowest BCUT2D eigenvalue weighted by Gasteiger charge is -2.13. The van der Waals surface area contributed by atoms with Crippen molar-refractivity contribution in [3.05, 3.63) is 28.1 Å². The molecule has 1 aromatic heterocycles. The van der Waals surface area contributed by atoms with Gasteiger partial charge in [-0.3, -0.25) is 14.9 Å². The molecule has 20 heavy (non-hydrogen) atoms. The average molecular weight is 283 g/mol. The summed E-state index contributed by atoms with van der Waals surface area (Å²) < 4.78 is 1.06. The minimum atomic E-state index is -1.31. The Balaban J connectivity index is 2.83. The lowest BCUT2D eigenvalue weighted by atomic mass is 10.2. The highest BCUT2D eigenvalue weighted by Gasteiger charge is 2.20. The van der Waals surface area contributed by atoms with Crippen molar-refractivity contribution in [2.75, 3.05) is 0 Å². The van der Waals surface area contributed by atoms with Gasteiger partial charge in [0, 0.05) is 12.1 Å². The minimum absolute atomic E-state index is 0.0219. The van der Waals surface area contributed by atoms with E-state index >= 15 is 0 Å². The Morgan fingerprint density at radius 1 is 1.55 bits per heavy atom. The van der Waals surface area contributed by atoms with E-state index in [1.807, 2.05) is 13.8 Å². The molecule has 8 heteroatoms. The molecule has 110 valence electrons. The third-order valence-electron chi connectivity index (χ3n) is 2.76. The van der Waals surface area contributed by atoms with Crippen LogP contribution in [-0.4, -0.2) is 32.5 Å². The topological polar surface area (TPSA) is 114 Å². The van der Waals surface area contributed by atoms with E-state index in [0.717, 1.165) is 29.7 Å². The summed E-state index contributed by atoms with van der Waals surface area (Å²) in [5.74, 6) is -1.69. The quantitative estimate of drug-likeness (QED) is 0.579. The van der Waals surface area contributed by atoms with Crippen LogP contribution in [0.3, 0.4) is 0 Å². The van der Waals surface area contributed by atoms with Crippen LogP contribution in [0.4, 0.5) is 5.69 Å². The van der Waals surface area contributed by atoms with Gasteiger partial charge >= 0.3 is 5.97 Å². The highest BCUT2D eigenvalue weighted by molar-refractivity contribution is 5.88. The van der Waals surface area contributed by atoms with Crippen LogP contribution < -0.4 is 5.32 Å². The third kappa shape index (κ3) is 4.08. The smallest absolute Gasteiger partial charge is 0.352 e. The monoisotopic (exact) mass is 283 g/mol. The number of nitro groups is 1. The zero-order valence-electron chi connectivity index (χ0n) is 11.3. The first-order valence-electron chi connectivity index (χ1n) is 6.22. The normalized spacial score (nSPS) is 11.9. The van der Waals surface area contributed by atoms with Crippen molar-refractivity contribution in [2.24, 2.45) is 0 Å². The van der Waals surface area contributed by atoms with Crippen molar-refractivity contribution in [1.82, 2.24) is 9.88 Å². The Bertz CT molecular complexity index is 523. The van der Waals surface area contributed by atoms with Crippen LogP contribution in [0.2, 0.25) is 0 Å². The van der Waals surface area contributed by atoms with Crippen LogP contribution in [0.1, 0.15) is 37.2 Å². The Morgan fingerprint density at radius 3 is 2.70 bits per heavy atom. The molecule has 1 amide bonds. The molecule has 0 aliphatic rings. The second-order valence-corrected chi connectivity index (χ2v) is 4.53. The van der Waals surface area contributed by atoms with E-state index in [-0.39, 0.29) is 29.9 Å². The zero-order chi connectivity index (χ0) is 15.3. The maximum Gasteiger partial charge on any atom is 0.352 e. The van der Waals surface area contributed by atoms with Gasteiger partial charge < -0.3 is 15.0 Å². The molecule has 0 saturated heterocycles. The summed E-state index contributed by atoms with van der Waals surface area (Å²) in [5.41, 5.74) is -0.633. The number of carbonyl (C=O) groups is 2. The molecule has 1 unspecified atom stereocenters. The first kappa shape index (κ1) is 15.7. The fourth-order valence-corrected chi connectivity index (χ4v) is 1.89.